The Morgan fingerprint density at radius 3 is 2.30 bits per heavy atom. The van der Waals surface area contributed by atoms with Crippen LogP contribution in [0.25, 0.3) is 44.2 Å². The van der Waals surface area contributed by atoms with E-state index in [0.29, 0.717) is 5.92 Å². The molecule has 0 spiro atoms. The number of hydrogen-bond donors (Lipinski definition) is 1. The first-order valence-electron chi connectivity index (χ1n) is 16.3. The Morgan fingerprint density at radius 1 is 0.745 bits per heavy atom. The molecule has 0 saturated carbocycles. The van der Waals surface area contributed by atoms with Gasteiger partial charge in [-0.15, -0.1) is 0 Å². The molecule has 0 bridgehead atoms. The summed E-state index contributed by atoms with van der Waals surface area (Å²) in [5.41, 5.74) is 8.83. The van der Waals surface area contributed by atoms with E-state index in [2.05, 4.69) is 132 Å². The van der Waals surface area contributed by atoms with Crippen LogP contribution in [-0.4, -0.2) is 28.4 Å². The van der Waals surface area contributed by atoms with Crippen LogP contribution in [0.3, 0.4) is 0 Å². The van der Waals surface area contributed by atoms with Crippen LogP contribution in [0.4, 0.5) is 0 Å². The number of aliphatic hydroxyl groups is 1. The molecule has 1 radical (unpaired) electrons. The molecular weight excluding hydrogens is 593 g/mol. The predicted octanol–water partition coefficient (Wildman–Crippen LogP) is 9.82. The van der Waals surface area contributed by atoms with E-state index in [-0.39, 0.29) is 0 Å². The van der Waals surface area contributed by atoms with Crippen LogP contribution in [-0.2, 0) is 4.65 Å². The molecular formula is C42H37BNO2S. The summed E-state index contributed by atoms with van der Waals surface area (Å²) < 4.78 is 8.67. The van der Waals surface area contributed by atoms with Gasteiger partial charge in [0.15, 0.2) is 0 Å². The van der Waals surface area contributed by atoms with Crippen molar-refractivity contribution in [3.8, 4) is 16.8 Å². The molecule has 5 heteroatoms. The molecule has 3 nitrogen and oxygen atoms in total. The van der Waals surface area contributed by atoms with Crippen LogP contribution >= 0.6 is 11.8 Å². The smallest absolute Gasteiger partial charge is 0.330 e. The Kier molecular flexibility index (Phi) is 7.33. The molecule has 1 N–H and O–H groups in total. The van der Waals surface area contributed by atoms with Crippen molar-refractivity contribution in [3.63, 3.8) is 0 Å². The maximum absolute atomic E-state index is 10.8. The van der Waals surface area contributed by atoms with E-state index in [1.807, 2.05) is 33.1 Å². The van der Waals surface area contributed by atoms with Crippen LogP contribution in [0, 0.1) is 0 Å². The highest BCUT2D eigenvalue weighted by Gasteiger charge is 2.36. The van der Waals surface area contributed by atoms with E-state index in [4.69, 9.17) is 4.65 Å². The molecule has 1 unspecified atom stereocenters. The molecule has 2 aliphatic rings. The monoisotopic (exact) mass is 630 g/mol. The van der Waals surface area contributed by atoms with Gasteiger partial charge in [-0.1, -0.05) is 102 Å². The summed E-state index contributed by atoms with van der Waals surface area (Å²) in [6.45, 7) is 7.43. The van der Waals surface area contributed by atoms with Gasteiger partial charge in [0.25, 0.3) is 0 Å². The second kappa shape index (κ2) is 11.4. The van der Waals surface area contributed by atoms with Gasteiger partial charge in [-0.05, 0) is 104 Å². The van der Waals surface area contributed by atoms with E-state index < -0.39 is 11.2 Å². The molecule has 1 aliphatic heterocycles. The van der Waals surface area contributed by atoms with Gasteiger partial charge < -0.3 is 14.3 Å². The highest BCUT2D eigenvalue weighted by Crippen LogP contribution is 2.54. The Balaban J connectivity index is 1.28. The van der Waals surface area contributed by atoms with Crippen molar-refractivity contribution in [3.05, 3.63) is 143 Å². The number of para-hydroxylation sites is 2. The second-order valence-electron chi connectivity index (χ2n) is 13.7. The lowest BCUT2D eigenvalue weighted by Gasteiger charge is -2.37. The highest BCUT2D eigenvalue weighted by atomic mass is 32.2. The van der Waals surface area contributed by atoms with E-state index >= 15 is 0 Å². The molecule has 47 heavy (non-hydrogen) atoms. The van der Waals surface area contributed by atoms with Crippen LogP contribution in [0.1, 0.15) is 51.2 Å². The van der Waals surface area contributed by atoms with Crippen LogP contribution in [0.2, 0.25) is 0 Å². The number of aromatic nitrogens is 1. The summed E-state index contributed by atoms with van der Waals surface area (Å²) >= 11 is 1.91. The second-order valence-corrected chi connectivity index (χ2v) is 14.8. The van der Waals surface area contributed by atoms with E-state index in [1.165, 1.54) is 48.3 Å². The van der Waals surface area contributed by atoms with E-state index in [0.717, 1.165) is 28.7 Å². The fourth-order valence-electron chi connectivity index (χ4n) is 6.72. The molecule has 231 valence electrons. The van der Waals surface area contributed by atoms with Gasteiger partial charge in [0, 0.05) is 32.2 Å². The number of allylic oxidation sites excluding steroid dienone is 4. The van der Waals surface area contributed by atoms with Crippen molar-refractivity contribution in [1.29, 1.82) is 0 Å². The van der Waals surface area contributed by atoms with E-state index in [1.54, 1.807) is 13.8 Å². The minimum Gasteiger partial charge on any atom is -0.427 e. The van der Waals surface area contributed by atoms with Crippen molar-refractivity contribution in [1.82, 2.24) is 4.57 Å². The van der Waals surface area contributed by atoms with Crippen molar-refractivity contribution in [2.75, 3.05) is 0 Å². The van der Waals surface area contributed by atoms with Crippen LogP contribution in [0.15, 0.2) is 137 Å². The molecule has 1 atom stereocenters. The van der Waals surface area contributed by atoms with Crippen molar-refractivity contribution in [2.24, 2.45) is 0 Å². The Morgan fingerprint density at radius 2 is 1.47 bits per heavy atom. The summed E-state index contributed by atoms with van der Waals surface area (Å²) in [4.78, 5) is 2.77. The Labute approximate surface area is 281 Å². The quantitative estimate of drug-likeness (QED) is 0.178. The molecule has 6 aromatic rings. The Hall–Kier alpha value is -4.29. The molecule has 8 rings (SSSR count). The first-order valence-corrected chi connectivity index (χ1v) is 17.1. The third-order valence-corrected chi connectivity index (χ3v) is 11.3. The lowest BCUT2D eigenvalue weighted by molar-refractivity contribution is -0.0893. The largest absolute Gasteiger partial charge is 0.427 e. The number of rotatable bonds is 7. The third kappa shape index (κ3) is 5.27. The normalized spacial score (nSPS) is 16.1. The van der Waals surface area contributed by atoms with Gasteiger partial charge in [0.1, 0.15) is 0 Å². The number of thioether (sulfide) groups is 1. The summed E-state index contributed by atoms with van der Waals surface area (Å²) in [7, 11) is 1.82. The van der Waals surface area contributed by atoms with Gasteiger partial charge in [0.05, 0.1) is 22.2 Å². The van der Waals surface area contributed by atoms with Gasteiger partial charge in [0.2, 0.25) is 0 Å². The minimum absolute atomic E-state index is 0.387. The number of benzene rings is 5. The maximum atomic E-state index is 10.8. The Bertz CT molecular complexity index is 2220. The number of fused-ring (bicyclic) bond motifs is 6. The first-order chi connectivity index (χ1) is 22.7. The fourth-order valence-corrected chi connectivity index (χ4v) is 8.09. The van der Waals surface area contributed by atoms with Gasteiger partial charge in [-0.2, -0.15) is 0 Å². The summed E-state index contributed by atoms with van der Waals surface area (Å²) in [5, 5.41) is 13.3. The molecule has 1 aromatic heterocycles. The zero-order chi connectivity index (χ0) is 32.3. The lowest BCUT2D eigenvalue weighted by Crippen LogP contribution is -2.49. The zero-order valence-corrected chi connectivity index (χ0v) is 28.0. The molecule has 5 aromatic carbocycles. The minimum atomic E-state index is -1.02. The third-order valence-electron chi connectivity index (χ3n) is 10.0. The van der Waals surface area contributed by atoms with Gasteiger partial charge in [-0.3, -0.25) is 0 Å². The van der Waals surface area contributed by atoms with Crippen molar-refractivity contribution < 1.29 is 9.76 Å². The lowest BCUT2D eigenvalue weighted by atomic mass is 9.79. The molecule has 0 fully saturated rings. The van der Waals surface area contributed by atoms with Gasteiger partial charge >= 0.3 is 7.48 Å². The summed E-state index contributed by atoms with van der Waals surface area (Å²) in [5.74, 6) is 0.387. The van der Waals surface area contributed by atoms with Crippen molar-refractivity contribution in [2.45, 2.75) is 56.1 Å². The summed E-state index contributed by atoms with van der Waals surface area (Å²) in [6, 6.07) is 41.6. The average molecular weight is 631 g/mol. The first kappa shape index (κ1) is 30.1. The van der Waals surface area contributed by atoms with Crippen LogP contribution < -0.4 is 5.46 Å². The van der Waals surface area contributed by atoms with E-state index in [9.17, 15) is 5.11 Å². The molecule has 0 saturated heterocycles. The SMILES string of the molecule is CC(C)(O)C(C)(C)O[B]c1cc(C2=C3Sc4ccccc4C3CC=C2)cc(-c2ccc3c(c2)c2ccccc2n3-c2ccccc2)c1. The number of nitrogens with zero attached hydrogens (tertiary/aromatic N) is 1. The topological polar surface area (TPSA) is 34.4 Å². The average Bonchev–Trinajstić information content (AvgIpc) is 3.63. The van der Waals surface area contributed by atoms with Crippen LogP contribution in [0.5, 0.6) is 0 Å². The summed E-state index contributed by atoms with van der Waals surface area (Å²) in [6.07, 6.45) is 5.64. The highest BCUT2D eigenvalue weighted by molar-refractivity contribution is 8.03. The maximum Gasteiger partial charge on any atom is 0.330 e. The standard InChI is InChI=1S/C42H37BNO2S/c1-41(2,45)42(3,4)46-43-30-24-28(23-29(25-30)32-17-12-18-35-34-16-9-11-20-39(34)47-40(32)35)27-21-22-38-36(26-27)33-15-8-10-19-37(33)44(38)31-13-6-5-7-14-31/h5-17,19-26,35,45H,18H2,1-4H3. The van der Waals surface area contributed by atoms with Gasteiger partial charge in [-0.25, -0.2) is 0 Å². The molecule has 0 amide bonds. The fraction of sp³-hybridized carbons (Fsp3) is 0.190. The van der Waals surface area contributed by atoms with Crippen molar-refractivity contribution >= 4 is 52.1 Å². The molecule has 1 aliphatic carbocycles. The zero-order valence-electron chi connectivity index (χ0n) is 27.2. The number of hydrogen-bond acceptors (Lipinski definition) is 3. The predicted molar refractivity (Wildman–Crippen MR) is 199 cm³/mol. The molecule has 2 heterocycles.